The summed E-state index contributed by atoms with van der Waals surface area (Å²) in [4.78, 5) is 11.9. The van der Waals surface area contributed by atoms with Gasteiger partial charge < -0.3 is 15.8 Å². The van der Waals surface area contributed by atoms with Gasteiger partial charge in [0.15, 0.2) is 0 Å². The number of benzene rings is 1. The number of nitrogens with two attached hydrogens (primary N) is 1. The number of nitrogen functional groups attached to an aromatic ring is 1. The van der Waals surface area contributed by atoms with Gasteiger partial charge in [0.25, 0.3) is 5.91 Å². The molecule has 1 aliphatic rings. The van der Waals surface area contributed by atoms with Gasteiger partial charge in [-0.05, 0) is 18.6 Å². The lowest BCUT2D eigenvalue weighted by molar-refractivity contribution is 0.0946. The summed E-state index contributed by atoms with van der Waals surface area (Å²) in [6.45, 7) is 2.08. The van der Waals surface area contributed by atoms with E-state index in [2.05, 4.69) is 5.32 Å². The van der Waals surface area contributed by atoms with Gasteiger partial charge in [-0.3, -0.25) is 4.79 Å². The Kier molecular flexibility index (Phi) is 3.86. The molecule has 1 amide bonds. The lowest BCUT2D eigenvalue weighted by atomic mass is 10.1. The molecule has 3 N–H and O–H groups in total. The normalized spacial score (nSPS) is 19.2. The quantitative estimate of drug-likeness (QED) is 0.807. The molecule has 1 aliphatic heterocycles. The van der Waals surface area contributed by atoms with Crippen LogP contribution in [0.4, 0.5) is 5.69 Å². The molecule has 0 spiro atoms. The van der Waals surface area contributed by atoms with Crippen molar-refractivity contribution in [3.05, 3.63) is 28.8 Å². The number of anilines is 1. The van der Waals surface area contributed by atoms with Crippen LogP contribution in [0.1, 0.15) is 16.8 Å². The van der Waals surface area contributed by atoms with Crippen LogP contribution >= 0.6 is 11.6 Å². The third-order valence-electron chi connectivity index (χ3n) is 2.85. The average molecular weight is 255 g/mol. The van der Waals surface area contributed by atoms with E-state index in [9.17, 15) is 4.79 Å². The molecule has 0 aliphatic carbocycles. The lowest BCUT2D eigenvalue weighted by Crippen LogP contribution is -2.30. The summed E-state index contributed by atoms with van der Waals surface area (Å²) in [5.74, 6) is 0.169. The molecule has 1 heterocycles. The largest absolute Gasteiger partial charge is 0.398 e. The molecule has 2 rings (SSSR count). The predicted molar refractivity (Wildman–Crippen MR) is 67.1 cm³/mol. The minimum atomic E-state index is -0.222. The molecule has 92 valence electrons. The van der Waals surface area contributed by atoms with Gasteiger partial charge in [0.2, 0.25) is 0 Å². The lowest BCUT2D eigenvalue weighted by Gasteiger charge is -2.11. The third kappa shape index (κ3) is 2.90. The van der Waals surface area contributed by atoms with Crippen molar-refractivity contribution in [1.82, 2.24) is 5.32 Å². The summed E-state index contributed by atoms with van der Waals surface area (Å²) in [7, 11) is 0. The van der Waals surface area contributed by atoms with Crippen LogP contribution in [0.25, 0.3) is 0 Å². The van der Waals surface area contributed by atoms with Crippen molar-refractivity contribution in [2.24, 2.45) is 5.92 Å². The number of halogens is 1. The Morgan fingerprint density at radius 2 is 2.41 bits per heavy atom. The van der Waals surface area contributed by atoms with Crippen molar-refractivity contribution in [1.29, 1.82) is 0 Å². The number of ether oxygens (including phenoxy) is 1. The summed E-state index contributed by atoms with van der Waals surface area (Å²) < 4.78 is 5.24. The van der Waals surface area contributed by atoms with Gasteiger partial charge in [-0.15, -0.1) is 0 Å². The zero-order chi connectivity index (χ0) is 12.3. The molecule has 5 heteroatoms. The van der Waals surface area contributed by atoms with E-state index in [0.717, 1.165) is 13.0 Å². The minimum Gasteiger partial charge on any atom is -0.398 e. The summed E-state index contributed by atoms with van der Waals surface area (Å²) in [5.41, 5.74) is 6.49. The number of rotatable bonds is 3. The Morgan fingerprint density at radius 3 is 3.06 bits per heavy atom. The molecule has 1 aromatic carbocycles. The van der Waals surface area contributed by atoms with E-state index in [4.69, 9.17) is 22.1 Å². The standard InChI is InChI=1S/C12H15ClN2O2/c13-9-2-1-3-10(14)11(9)12(16)15-6-8-4-5-17-7-8/h1-3,8H,4-7,14H2,(H,15,16). The highest BCUT2D eigenvalue weighted by Gasteiger charge is 2.18. The summed E-state index contributed by atoms with van der Waals surface area (Å²) in [5, 5.41) is 3.22. The van der Waals surface area contributed by atoms with E-state index in [1.165, 1.54) is 0 Å². The number of hydrogen-bond acceptors (Lipinski definition) is 3. The Labute approximate surface area is 105 Å². The molecule has 1 aromatic rings. The molecular weight excluding hydrogens is 240 g/mol. The first kappa shape index (κ1) is 12.2. The molecule has 4 nitrogen and oxygen atoms in total. The fraction of sp³-hybridized carbons (Fsp3) is 0.417. The van der Waals surface area contributed by atoms with Crippen LogP contribution in [0, 0.1) is 5.92 Å². The van der Waals surface area contributed by atoms with Crippen molar-refractivity contribution in [3.63, 3.8) is 0 Å². The van der Waals surface area contributed by atoms with Gasteiger partial charge in [0.1, 0.15) is 0 Å². The molecule has 1 saturated heterocycles. The third-order valence-corrected chi connectivity index (χ3v) is 3.16. The van der Waals surface area contributed by atoms with Crippen LogP contribution in [-0.4, -0.2) is 25.7 Å². The van der Waals surface area contributed by atoms with Gasteiger partial charge in [-0.1, -0.05) is 17.7 Å². The second kappa shape index (κ2) is 5.38. The number of amides is 1. The van der Waals surface area contributed by atoms with Crippen molar-refractivity contribution < 1.29 is 9.53 Å². The number of carbonyl (C=O) groups excluding carboxylic acids is 1. The SMILES string of the molecule is Nc1cccc(Cl)c1C(=O)NCC1CCOC1. The van der Waals surface area contributed by atoms with Crippen molar-refractivity contribution >= 4 is 23.2 Å². The molecule has 1 unspecified atom stereocenters. The number of carbonyl (C=O) groups is 1. The van der Waals surface area contributed by atoms with Gasteiger partial charge in [-0.2, -0.15) is 0 Å². The Hall–Kier alpha value is -1.26. The second-order valence-corrected chi connectivity index (χ2v) is 4.55. The fourth-order valence-corrected chi connectivity index (χ4v) is 2.12. The van der Waals surface area contributed by atoms with E-state index in [1.54, 1.807) is 18.2 Å². The number of nitrogens with one attached hydrogen (secondary N) is 1. The highest BCUT2D eigenvalue weighted by Crippen LogP contribution is 2.21. The van der Waals surface area contributed by atoms with E-state index in [0.29, 0.717) is 35.3 Å². The van der Waals surface area contributed by atoms with Crippen LogP contribution in [0.3, 0.4) is 0 Å². The predicted octanol–water partition coefficient (Wildman–Crippen LogP) is 1.69. The monoisotopic (exact) mass is 254 g/mol. The molecule has 17 heavy (non-hydrogen) atoms. The second-order valence-electron chi connectivity index (χ2n) is 4.14. The Morgan fingerprint density at radius 1 is 1.59 bits per heavy atom. The number of hydrogen-bond donors (Lipinski definition) is 2. The van der Waals surface area contributed by atoms with Crippen LogP contribution in [0.15, 0.2) is 18.2 Å². The van der Waals surface area contributed by atoms with Crippen LogP contribution in [0.5, 0.6) is 0 Å². The smallest absolute Gasteiger partial charge is 0.254 e. The van der Waals surface area contributed by atoms with Crippen molar-refractivity contribution in [2.45, 2.75) is 6.42 Å². The maximum Gasteiger partial charge on any atom is 0.254 e. The summed E-state index contributed by atoms with van der Waals surface area (Å²) in [6, 6.07) is 5.05. The van der Waals surface area contributed by atoms with Gasteiger partial charge >= 0.3 is 0 Å². The first-order chi connectivity index (χ1) is 8.18. The molecule has 0 bridgehead atoms. The summed E-state index contributed by atoms with van der Waals surface area (Å²) >= 11 is 5.95. The average Bonchev–Trinajstić information content (AvgIpc) is 2.79. The van der Waals surface area contributed by atoms with Crippen LogP contribution in [0.2, 0.25) is 5.02 Å². The van der Waals surface area contributed by atoms with Gasteiger partial charge in [0, 0.05) is 24.8 Å². The Bertz CT molecular complexity index is 397. The first-order valence-electron chi connectivity index (χ1n) is 5.58. The van der Waals surface area contributed by atoms with Crippen molar-refractivity contribution in [3.8, 4) is 0 Å². The zero-order valence-corrected chi connectivity index (χ0v) is 10.2. The molecule has 0 radical (unpaired) electrons. The highest BCUT2D eigenvalue weighted by atomic mass is 35.5. The fourth-order valence-electron chi connectivity index (χ4n) is 1.85. The van der Waals surface area contributed by atoms with Crippen molar-refractivity contribution in [2.75, 3.05) is 25.5 Å². The summed E-state index contributed by atoms with van der Waals surface area (Å²) in [6.07, 6.45) is 0.984. The van der Waals surface area contributed by atoms with E-state index < -0.39 is 0 Å². The van der Waals surface area contributed by atoms with Gasteiger partial charge in [-0.25, -0.2) is 0 Å². The molecule has 0 aromatic heterocycles. The van der Waals surface area contributed by atoms with Crippen LogP contribution in [-0.2, 0) is 4.74 Å². The van der Waals surface area contributed by atoms with E-state index in [1.807, 2.05) is 0 Å². The first-order valence-corrected chi connectivity index (χ1v) is 5.96. The maximum absolute atomic E-state index is 11.9. The topological polar surface area (TPSA) is 64.4 Å². The zero-order valence-electron chi connectivity index (χ0n) is 9.41. The molecular formula is C12H15ClN2O2. The molecule has 1 fully saturated rings. The minimum absolute atomic E-state index is 0.222. The molecule has 1 atom stereocenters. The van der Waals surface area contributed by atoms with E-state index in [-0.39, 0.29) is 5.91 Å². The highest BCUT2D eigenvalue weighted by molar-refractivity contribution is 6.34. The van der Waals surface area contributed by atoms with Crippen LogP contribution < -0.4 is 11.1 Å². The van der Waals surface area contributed by atoms with E-state index >= 15 is 0 Å². The van der Waals surface area contributed by atoms with Gasteiger partial charge in [0.05, 0.1) is 17.2 Å². The Balaban J connectivity index is 1.99. The maximum atomic E-state index is 11.9. The molecule has 0 saturated carbocycles.